The second kappa shape index (κ2) is 6.38. The van der Waals surface area contributed by atoms with Crippen molar-refractivity contribution in [3.05, 3.63) is 0 Å². The fourth-order valence-corrected chi connectivity index (χ4v) is 2.22. The predicted molar refractivity (Wildman–Crippen MR) is 59.4 cm³/mol. The summed E-state index contributed by atoms with van der Waals surface area (Å²) >= 11 is 0. The van der Waals surface area contributed by atoms with Gasteiger partial charge in [0, 0.05) is 12.6 Å². The molecule has 1 heterocycles. The van der Waals surface area contributed by atoms with Gasteiger partial charge in [-0.15, -0.1) is 0 Å². The van der Waals surface area contributed by atoms with Gasteiger partial charge >= 0.3 is 0 Å². The van der Waals surface area contributed by atoms with Crippen molar-refractivity contribution in [3.63, 3.8) is 0 Å². The van der Waals surface area contributed by atoms with E-state index in [4.69, 9.17) is 0 Å². The monoisotopic (exact) mass is 200 g/mol. The number of nitrogens with one attached hydrogen (secondary N) is 1. The van der Waals surface area contributed by atoms with E-state index in [0.717, 1.165) is 32.6 Å². The zero-order valence-electron chi connectivity index (χ0n) is 9.50. The van der Waals surface area contributed by atoms with Gasteiger partial charge in [0.05, 0.1) is 6.10 Å². The number of rotatable bonds is 5. The zero-order chi connectivity index (χ0) is 10.4. The first-order valence-electron chi connectivity index (χ1n) is 5.92. The van der Waals surface area contributed by atoms with Crippen LogP contribution in [0.2, 0.25) is 0 Å². The van der Waals surface area contributed by atoms with E-state index in [9.17, 15) is 5.11 Å². The topological polar surface area (TPSA) is 35.5 Å². The van der Waals surface area contributed by atoms with Crippen LogP contribution in [-0.4, -0.2) is 48.3 Å². The maximum Gasteiger partial charge on any atom is 0.0719 e. The Morgan fingerprint density at radius 3 is 2.43 bits per heavy atom. The maximum atomic E-state index is 9.91. The Bertz CT molecular complexity index is 146. The molecule has 0 bridgehead atoms. The summed E-state index contributed by atoms with van der Waals surface area (Å²) in [6, 6.07) is 0.337. The Kier molecular flexibility index (Phi) is 5.45. The van der Waals surface area contributed by atoms with Gasteiger partial charge in [-0.05, 0) is 38.9 Å². The van der Waals surface area contributed by atoms with Crippen LogP contribution in [0.1, 0.15) is 33.1 Å². The second-order valence-corrected chi connectivity index (χ2v) is 4.16. The third kappa shape index (κ3) is 3.23. The summed E-state index contributed by atoms with van der Waals surface area (Å²) in [7, 11) is 0. The SMILES string of the molecule is CCCN(CCC)C1CNCCC1O. The van der Waals surface area contributed by atoms with E-state index in [-0.39, 0.29) is 6.10 Å². The molecule has 3 heteroatoms. The number of hydrogen-bond acceptors (Lipinski definition) is 3. The second-order valence-electron chi connectivity index (χ2n) is 4.16. The normalized spacial score (nSPS) is 28.3. The minimum Gasteiger partial charge on any atom is -0.391 e. The van der Waals surface area contributed by atoms with E-state index in [2.05, 4.69) is 24.1 Å². The average Bonchev–Trinajstić information content (AvgIpc) is 2.18. The van der Waals surface area contributed by atoms with Gasteiger partial charge in [-0.1, -0.05) is 13.8 Å². The van der Waals surface area contributed by atoms with Crippen LogP contribution in [0.5, 0.6) is 0 Å². The highest BCUT2D eigenvalue weighted by Gasteiger charge is 2.27. The van der Waals surface area contributed by atoms with Gasteiger partial charge in [0.1, 0.15) is 0 Å². The summed E-state index contributed by atoms with van der Waals surface area (Å²) in [4.78, 5) is 2.43. The highest BCUT2D eigenvalue weighted by molar-refractivity contribution is 4.85. The minimum atomic E-state index is -0.130. The van der Waals surface area contributed by atoms with Crippen LogP contribution < -0.4 is 5.32 Å². The number of aliphatic hydroxyl groups excluding tert-OH is 1. The Morgan fingerprint density at radius 1 is 1.29 bits per heavy atom. The minimum absolute atomic E-state index is 0.130. The van der Waals surface area contributed by atoms with Gasteiger partial charge in [-0.2, -0.15) is 0 Å². The van der Waals surface area contributed by atoms with Crippen molar-refractivity contribution in [2.45, 2.75) is 45.3 Å². The largest absolute Gasteiger partial charge is 0.391 e. The van der Waals surface area contributed by atoms with Gasteiger partial charge in [-0.3, -0.25) is 4.90 Å². The molecule has 0 saturated carbocycles. The molecule has 2 atom stereocenters. The molecular weight excluding hydrogens is 176 g/mol. The van der Waals surface area contributed by atoms with Crippen LogP contribution in [0.15, 0.2) is 0 Å². The third-order valence-corrected chi connectivity index (χ3v) is 2.91. The molecule has 1 rings (SSSR count). The van der Waals surface area contributed by atoms with Crippen LogP contribution in [0.4, 0.5) is 0 Å². The van der Waals surface area contributed by atoms with Gasteiger partial charge in [0.15, 0.2) is 0 Å². The molecule has 0 aliphatic carbocycles. The zero-order valence-corrected chi connectivity index (χ0v) is 9.50. The fraction of sp³-hybridized carbons (Fsp3) is 1.00. The molecule has 2 unspecified atom stereocenters. The van der Waals surface area contributed by atoms with E-state index in [1.54, 1.807) is 0 Å². The van der Waals surface area contributed by atoms with Crippen molar-refractivity contribution in [3.8, 4) is 0 Å². The molecule has 0 spiro atoms. The molecule has 1 aliphatic rings. The van der Waals surface area contributed by atoms with Gasteiger partial charge in [0.2, 0.25) is 0 Å². The molecule has 0 amide bonds. The Morgan fingerprint density at radius 2 is 1.93 bits per heavy atom. The standard InChI is InChI=1S/C11H24N2O/c1-3-7-13(8-4-2)10-9-12-6-5-11(10)14/h10-12,14H,3-9H2,1-2H3. The van der Waals surface area contributed by atoms with E-state index in [1.165, 1.54) is 12.8 Å². The number of nitrogens with zero attached hydrogens (tertiary/aromatic N) is 1. The molecule has 1 fully saturated rings. The van der Waals surface area contributed by atoms with Crippen molar-refractivity contribution < 1.29 is 5.11 Å². The predicted octanol–water partition coefficient (Wildman–Crippen LogP) is 0.831. The molecule has 0 aromatic rings. The highest BCUT2D eigenvalue weighted by atomic mass is 16.3. The quantitative estimate of drug-likeness (QED) is 0.690. The Balaban J connectivity index is 2.46. The lowest BCUT2D eigenvalue weighted by molar-refractivity contribution is 0.0280. The number of hydrogen-bond donors (Lipinski definition) is 2. The number of piperidine rings is 1. The van der Waals surface area contributed by atoms with Crippen molar-refractivity contribution >= 4 is 0 Å². The van der Waals surface area contributed by atoms with E-state index >= 15 is 0 Å². The summed E-state index contributed by atoms with van der Waals surface area (Å²) in [6.07, 6.45) is 3.11. The van der Waals surface area contributed by atoms with Crippen LogP contribution in [0, 0.1) is 0 Å². The lowest BCUT2D eigenvalue weighted by Gasteiger charge is -2.37. The van der Waals surface area contributed by atoms with Gasteiger partial charge < -0.3 is 10.4 Å². The molecule has 0 aromatic heterocycles. The molecule has 14 heavy (non-hydrogen) atoms. The lowest BCUT2D eigenvalue weighted by atomic mass is 10.0. The molecule has 0 aromatic carbocycles. The van der Waals surface area contributed by atoms with Crippen molar-refractivity contribution in [2.24, 2.45) is 0 Å². The average molecular weight is 200 g/mol. The Labute approximate surface area is 87.5 Å². The van der Waals surface area contributed by atoms with Gasteiger partial charge in [0.25, 0.3) is 0 Å². The summed E-state index contributed by atoms with van der Waals surface area (Å²) in [5.74, 6) is 0. The fourth-order valence-electron chi connectivity index (χ4n) is 2.22. The summed E-state index contributed by atoms with van der Waals surface area (Å²) < 4.78 is 0. The van der Waals surface area contributed by atoms with Crippen molar-refractivity contribution in [1.82, 2.24) is 10.2 Å². The number of aliphatic hydroxyl groups is 1. The van der Waals surface area contributed by atoms with Crippen molar-refractivity contribution in [1.29, 1.82) is 0 Å². The third-order valence-electron chi connectivity index (χ3n) is 2.91. The van der Waals surface area contributed by atoms with E-state index in [0.29, 0.717) is 6.04 Å². The lowest BCUT2D eigenvalue weighted by Crippen LogP contribution is -2.54. The summed E-state index contributed by atoms with van der Waals surface area (Å²) in [5, 5.41) is 13.3. The van der Waals surface area contributed by atoms with Crippen LogP contribution in [0.25, 0.3) is 0 Å². The Hall–Kier alpha value is -0.120. The van der Waals surface area contributed by atoms with Crippen LogP contribution in [-0.2, 0) is 0 Å². The molecule has 1 aliphatic heterocycles. The summed E-state index contributed by atoms with van der Waals surface area (Å²) in [5.41, 5.74) is 0. The maximum absolute atomic E-state index is 9.91. The van der Waals surface area contributed by atoms with Crippen molar-refractivity contribution in [2.75, 3.05) is 26.2 Å². The first kappa shape index (κ1) is 12.0. The first-order chi connectivity index (χ1) is 6.79. The van der Waals surface area contributed by atoms with E-state index < -0.39 is 0 Å². The summed E-state index contributed by atoms with van der Waals surface area (Å²) in [6.45, 7) is 8.52. The molecule has 84 valence electrons. The highest BCUT2D eigenvalue weighted by Crippen LogP contribution is 2.12. The van der Waals surface area contributed by atoms with Crippen LogP contribution >= 0.6 is 0 Å². The smallest absolute Gasteiger partial charge is 0.0719 e. The molecule has 2 N–H and O–H groups in total. The molecule has 0 radical (unpaired) electrons. The molecule has 1 saturated heterocycles. The first-order valence-corrected chi connectivity index (χ1v) is 5.92. The van der Waals surface area contributed by atoms with Crippen LogP contribution in [0.3, 0.4) is 0 Å². The van der Waals surface area contributed by atoms with Gasteiger partial charge in [-0.25, -0.2) is 0 Å². The molecule has 3 nitrogen and oxygen atoms in total. The molecular formula is C11H24N2O. The van der Waals surface area contributed by atoms with E-state index in [1.807, 2.05) is 0 Å².